The maximum Gasteiger partial charge on any atom is 0.422 e. The number of aromatic nitrogens is 2. The van der Waals surface area contributed by atoms with Crippen molar-refractivity contribution in [1.29, 1.82) is 0 Å². The molecule has 0 radical (unpaired) electrons. The minimum Gasteiger partial charge on any atom is -0.468 e. The molecule has 142 valence electrons. The highest BCUT2D eigenvalue weighted by molar-refractivity contribution is 7.11. The Kier molecular flexibility index (Phi) is 6.78. The first-order valence-corrected chi connectivity index (χ1v) is 8.61. The van der Waals surface area contributed by atoms with E-state index in [4.69, 9.17) is 4.74 Å². The van der Waals surface area contributed by atoms with Crippen LogP contribution in [0.2, 0.25) is 0 Å². The van der Waals surface area contributed by atoms with Crippen molar-refractivity contribution in [3.63, 3.8) is 0 Å². The molecular formula is C16H20F3N5OS. The highest BCUT2D eigenvalue weighted by Gasteiger charge is 2.29. The summed E-state index contributed by atoms with van der Waals surface area (Å²) >= 11 is 1.60. The molecule has 0 bridgehead atoms. The Morgan fingerprint density at radius 1 is 1.27 bits per heavy atom. The summed E-state index contributed by atoms with van der Waals surface area (Å²) in [7, 11) is 1.62. The van der Waals surface area contributed by atoms with Crippen LogP contribution < -0.4 is 15.4 Å². The van der Waals surface area contributed by atoms with Gasteiger partial charge in [-0.25, -0.2) is 9.97 Å². The molecule has 2 aromatic heterocycles. The molecule has 0 unspecified atom stereocenters. The molecule has 2 rings (SSSR count). The van der Waals surface area contributed by atoms with Crippen molar-refractivity contribution in [3.05, 3.63) is 39.5 Å². The van der Waals surface area contributed by atoms with Crippen molar-refractivity contribution in [2.45, 2.75) is 33.1 Å². The second-order valence-electron chi connectivity index (χ2n) is 5.39. The number of nitrogens with one attached hydrogen (secondary N) is 2. The number of ether oxygens (including phenoxy) is 1. The third-order valence-electron chi connectivity index (χ3n) is 3.31. The summed E-state index contributed by atoms with van der Waals surface area (Å²) in [5.41, 5.74) is 1.47. The Bertz CT molecular complexity index is 761. The molecule has 10 heteroatoms. The van der Waals surface area contributed by atoms with Crippen LogP contribution in [0.25, 0.3) is 0 Å². The predicted octanol–water partition coefficient (Wildman–Crippen LogP) is 2.96. The van der Waals surface area contributed by atoms with Gasteiger partial charge in [0, 0.05) is 30.2 Å². The van der Waals surface area contributed by atoms with E-state index < -0.39 is 12.8 Å². The summed E-state index contributed by atoms with van der Waals surface area (Å²) in [5.74, 6) is 0.461. The highest BCUT2D eigenvalue weighted by atomic mass is 32.1. The van der Waals surface area contributed by atoms with Crippen LogP contribution in [0, 0.1) is 13.8 Å². The molecular weight excluding hydrogens is 367 g/mol. The normalized spacial score (nSPS) is 12.2. The molecule has 0 aliphatic carbocycles. The van der Waals surface area contributed by atoms with E-state index in [1.807, 2.05) is 13.8 Å². The molecule has 0 aromatic carbocycles. The molecule has 2 N–H and O–H groups in total. The van der Waals surface area contributed by atoms with Crippen molar-refractivity contribution in [3.8, 4) is 5.88 Å². The molecule has 6 nitrogen and oxygen atoms in total. The molecule has 0 aliphatic heterocycles. The number of thiazole rings is 1. The molecule has 0 atom stereocenters. The third-order valence-corrected chi connectivity index (χ3v) is 4.38. The first-order chi connectivity index (χ1) is 12.3. The number of nitrogens with zero attached hydrogens (tertiary/aromatic N) is 3. The molecule has 0 fully saturated rings. The maximum absolute atomic E-state index is 12.3. The van der Waals surface area contributed by atoms with E-state index in [2.05, 4.69) is 25.6 Å². The molecule has 0 saturated carbocycles. The lowest BCUT2D eigenvalue weighted by Gasteiger charge is -2.14. The van der Waals surface area contributed by atoms with Crippen molar-refractivity contribution < 1.29 is 17.9 Å². The summed E-state index contributed by atoms with van der Waals surface area (Å²) in [5, 5.41) is 7.19. The van der Waals surface area contributed by atoms with Gasteiger partial charge in [-0.1, -0.05) is 6.07 Å². The number of pyridine rings is 1. The topological polar surface area (TPSA) is 71.4 Å². The smallest absolute Gasteiger partial charge is 0.422 e. The van der Waals surface area contributed by atoms with Gasteiger partial charge < -0.3 is 15.4 Å². The Hall–Kier alpha value is -2.36. The predicted molar refractivity (Wildman–Crippen MR) is 94.4 cm³/mol. The van der Waals surface area contributed by atoms with E-state index in [1.54, 1.807) is 30.5 Å². The number of rotatable bonds is 6. The van der Waals surface area contributed by atoms with E-state index in [9.17, 15) is 13.2 Å². The number of hydrogen-bond acceptors (Lipinski definition) is 5. The fraction of sp³-hybridized carbons (Fsp3) is 0.438. The lowest BCUT2D eigenvalue weighted by atomic mass is 10.2. The van der Waals surface area contributed by atoms with Gasteiger partial charge in [-0.15, -0.1) is 11.3 Å². The number of guanidine groups is 1. The van der Waals surface area contributed by atoms with Crippen LogP contribution >= 0.6 is 11.3 Å². The van der Waals surface area contributed by atoms with Crippen LogP contribution in [0.15, 0.2) is 23.3 Å². The second-order valence-corrected chi connectivity index (χ2v) is 6.68. The van der Waals surface area contributed by atoms with Gasteiger partial charge >= 0.3 is 6.18 Å². The zero-order chi connectivity index (χ0) is 19.2. The quantitative estimate of drug-likeness (QED) is 0.589. The minimum atomic E-state index is -4.41. The van der Waals surface area contributed by atoms with E-state index in [0.29, 0.717) is 18.1 Å². The average molecular weight is 387 g/mol. The molecule has 0 saturated heterocycles. The number of alkyl halides is 3. The van der Waals surface area contributed by atoms with Crippen LogP contribution in [-0.2, 0) is 13.1 Å². The lowest BCUT2D eigenvalue weighted by molar-refractivity contribution is -0.154. The van der Waals surface area contributed by atoms with Gasteiger partial charge in [0.15, 0.2) is 12.6 Å². The second kappa shape index (κ2) is 8.84. The first kappa shape index (κ1) is 20.0. The van der Waals surface area contributed by atoms with Crippen LogP contribution in [0.3, 0.4) is 0 Å². The number of halogens is 3. The minimum absolute atomic E-state index is 0.0540. The van der Waals surface area contributed by atoms with Crippen LogP contribution in [-0.4, -0.2) is 35.8 Å². The molecule has 0 spiro atoms. The SMILES string of the molecule is CN=C(NCc1cccnc1OCC(F)(F)F)NCc1sc(C)nc1C. The summed E-state index contributed by atoms with van der Waals surface area (Å²) in [4.78, 5) is 13.4. The number of aryl methyl sites for hydroxylation is 2. The average Bonchev–Trinajstić information content (AvgIpc) is 2.90. The lowest BCUT2D eigenvalue weighted by Crippen LogP contribution is -2.36. The van der Waals surface area contributed by atoms with Crippen molar-refractivity contribution in [1.82, 2.24) is 20.6 Å². The summed E-state index contributed by atoms with van der Waals surface area (Å²) in [6, 6.07) is 3.28. The standard InChI is InChI=1S/C16H20F3N5OS/c1-10-13(26-11(2)24-10)8-23-15(20-3)22-7-12-5-4-6-21-14(12)25-9-16(17,18)19/h4-6H,7-9H2,1-3H3,(H2,20,22,23). The molecule has 2 heterocycles. The molecule has 26 heavy (non-hydrogen) atoms. The van der Waals surface area contributed by atoms with Gasteiger partial charge in [-0.05, 0) is 19.9 Å². The summed E-state index contributed by atoms with van der Waals surface area (Å²) in [6.07, 6.45) is -3.03. The Morgan fingerprint density at radius 3 is 2.62 bits per heavy atom. The van der Waals surface area contributed by atoms with Gasteiger partial charge in [-0.2, -0.15) is 13.2 Å². The number of hydrogen-bond donors (Lipinski definition) is 2. The van der Waals surface area contributed by atoms with E-state index in [0.717, 1.165) is 15.6 Å². The van der Waals surface area contributed by atoms with Gasteiger partial charge in [0.25, 0.3) is 0 Å². The summed E-state index contributed by atoms with van der Waals surface area (Å²) < 4.78 is 41.8. The monoisotopic (exact) mass is 387 g/mol. The molecule has 2 aromatic rings. The van der Waals surface area contributed by atoms with Crippen LogP contribution in [0.1, 0.15) is 21.1 Å². The van der Waals surface area contributed by atoms with Crippen LogP contribution in [0.5, 0.6) is 5.88 Å². The summed E-state index contributed by atoms with van der Waals surface area (Å²) in [6.45, 7) is 3.28. The van der Waals surface area contributed by atoms with E-state index in [-0.39, 0.29) is 12.4 Å². The largest absolute Gasteiger partial charge is 0.468 e. The van der Waals surface area contributed by atoms with Crippen molar-refractivity contribution >= 4 is 17.3 Å². The van der Waals surface area contributed by atoms with Crippen molar-refractivity contribution in [2.75, 3.05) is 13.7 Å². The fourth-order valence-electron chi connectivity index (χ4n) is 2.14. The molecule has 0 aliphatic rings. The zero-order valence-corrected chi connectivity index (χ0v) is 15.5. The first-order valence-electron chi connectivity index (χ1n) is 7.79. The van der Waals surface area contributed by atoms with E-state index in [1.165, 1.54) is 6.20 Å². The fourth-order valence-corrected chi connectivity index (χ4v) is 3.02. The molecule has 0 amide bonds. The van der Waals surface area contributed by atoms with Crippen LogP contribution in [0.4, 0.5) is 13.2 Å². The Labute approximate surface area is 153 Å². The number of aliphatic imine (C=N–C) groups is 1. The van der Waals surface area contributed by atoms with E-state index >= 15 is 0 Å². The van der Waals surface area contributed by atoms with Crippen molar-refractivity contribution in [2.24, 2.45) is 4.99 Å². The zero-order valence-electron chi connectivity index (χ0n) is 14.6. The van der Waals surface area contributed by atoms with Gasteiger partial charge in [0.1, 0.15) is 0 Å². The highest BCUT2D eigenvalue weighted by Crippen LogP contribution is 2.20. The van der Waals surface area contributed by atoms with Gasteiger partial charge in [0.05, 0.1) is 17.2 Å². The van der Waals surface area contributed by atoms with Gasteiger partial charge in [0.2, 0.25) is 5.88 Å². The Balaban J connectivity index is 1.93. The third kappa shape index (κ3) is 6.17. The van der Waals surface area contributed by atoms with Gasteiger partial charge in [-0.3, -0.25) is 4.99 Å². The maximum atomic E-state index is 12.3. The Morgan fingerprint density at radius 2 is 2.00 bits per heavy atom.